The Hall–Kier alpha value is -0.940. The van der Waals surface area contributed by atoms with Gasteiger partial charge in [0.2, 0.25) is 0 Å². The molecule has 5 nitrogen and oxygen atoms in total. The van der Waals surface area contributed by atoms with E-state index in [2.05, 4.69) is 15.6 Å². The molecule has 0 radical (unpaired) electrons. The zero-order chi connectivity index (χ0) is 9.97. The standard InChI is InChI=1S/C9H15N3O2/c13-7-3-1-2-6(4-7)11-9-10-5-8(14)12-9/h5-7,9,11,13H,1-4H2,(H,12,14)/t6-,7-,9?/m0/s1. The van der Waals surface area contributed by atoms with Crippen LogP contribution >= 0.6 is 0 Å². The maximum Gasteiger partial charge on any atom is 0.264 e. The normalized spacial score (nSPS) is 37.2. The van der Waals surface area contributed by atoms with Crippen LogP contribution in [0.5, 0.6) is 0 Å². The summed E-state index contributed by atoms with van der Waals surface area (Å²) >= 11 is 0. The van der Waals surface area contributed by atoms with Crippen LogP contribution in [0.1, 0.15) is 25.7 Å². The molecule has 1 unspecified atom stereocenters. The molecule has 14 heavy (non-hydrogen) atoms. The molecule has 0 spiro atoms. The molecule has 1 amide bonds. The minimum atomic E-state index is -0.294. The Morgan fingerprint density at radius 2 is 2.43 bits per heavy atom. The highest BCUT2D eigenvalue weighted by atomic mass is 16.3. The lowest BCUT2D eigenvalue weighted by Crippen LogP contribution is -2.47. The summed E-state index contributed by atoms with van der Waals surface area (Å²) in [4.78, 5) is 14.8. The van der Waals surface area contributed by atoms with Crippen molar-refractivity contribution in [3.8, 4) is 0 Å². The van der Waals surface area contributed by atoms with Crippen LogP contribution in [0.25, 0.3) is 0 Å². The molecule has 1 saturated carbocycles. The monoisotopic (exact) mass is 197 g/mol. The maximum absolute atomic E-state index is 10.8. The first-order valence-corrected chi connectivity index (χ1v) is 5.02. The van der Waals surface area contributed by atoms with Gasteiger partial charge < -0.3 is 10.4 Å². The number of carbonyl (C=O) groups excluding carboxylic acids is 1. The van der Waals surface area contributed by atoms with Gasteiger partial charge >= 0.3 is 0 Å². The molecular weight excluding hydrogens is 182 g/mol. The summed E-state index contributed by atoms with van der Waals surface area (Å²) in [6, 6.07) is 0.263. The topological polar surface area (TPSA) is 73.7 Å². The second-order valence-corrected chi connectivity index (χ2v) is 3.87. The van der Waals surface area contributed by atoms with Crippen molar-refractivity contribution in [2.45, 2.75) is 44.1 Å². The summed E-state index contributed by atoms with van der Waals surface area (Å²) < 4.78 is 0. The first kappa shape index (κ1) is 9.61. The van der Waals surface area contributed by atoms with Crippen molar-refractivity contribution in [3.05, 3.63) is 0 Å². The van der Waals surface area contributed by atoms with E-state index in [1.807, 2.05) is 0 Å². The highest BCUT2D eigenvalue weighted by Gasteiger charge is 2.24. The molecule has 78 valence electrons. The Morgan fingerprint density at radius 1 is 1.57 bits per heavy atom. The van der Waals surface area contributed by atoms with E-state index >= 15 is 0 Å². The van der Waals surface area contributed by atoms with E-state index < -0.39 is 0 Å². The number of amides is 1. The summed E-state index contributed by atoms with van der Waals surface area (Å²) in [5.74, 6) is -0.154. The highest BCUT2D eigenvalue weighted by Crippen LogP contribution is 2.18. The predicted molar refractivity (Wildman–Crippen MR) is 51.8 cm³/mol. The van der Waals surface area contributed by atoms with Crippen LogP contribution in [-0.4, -0.2) is 35.7 Å². The van der Waals surface area contributed by atoms with Crippen molar-refractivity contribution in [3.63, 3.8) is 0 Å². The second kappa shape index (κ2) is 4.06. The summed E-state index contributed by atoms with van der Waals surface area (Å²) in [6.45, 7) is 0. The molecule has 2 aliphatic rings. The van der Waals surface area contributed by atoms with E-state index in [0.29, 0.717) is 0 Å². The van der Waals surface area contributed by atoms with E-state index in [1.165, 1.54) is 6.21 Å². The molecule has 3 atom stereocenters. The third-order valence-electron chi connectivity index (χ3n) is 2.66. The number of nitrogens with zero attached hydrogens (tertiary/aromatic N) is 1. The lowest BCUT2D eigenvalue weighted by atomic mass is 9.93. The number of aliphatic hydroxyl groups excluding tert-OH is 1. The Kier molecular flexibility index (Phi) is 2.79. The van der Waals surface area contributed by atoms with Gasteiger partial charge in [0, 0.05) is 6.04 Å². The second-order valence-electron chi connectivity index (χ2n) is 3.87. The third kappa shape index (κ3) is 2.30. The van der Waals surface area contributed by atoms with Crippen molar-refractivity contribution in [1.82, 2.24) is 10.6 Å². The van der Waals surface area contributed by atoms with Gasteiger partial charge in [0.05, 0.1) is 12.3 Å². The Morgan fingerprint density at radius 3 is 3.07 bits per heavy atom. The highest BCUT2D eigenvalue weighted by molar-refractivity contribution is 6.27. The van der Waals surface area contributed by atoms with Crippen molar-refractivity contribution in [2.75, 3.05) is 0 Å². The molecule has 0 bridgehead atoms. The van der Waals surface area contributed by atoms with Gasteiger partial charge in [-0.1, -0.05) is 0 Å². The van der Waals surface area contributed by atoms with Crippen molar-refractivity contribution < 1.29 is 9.90 Å². The Balaban J connectivity index is 1.79. The molecule has 0 aromatic carbocycles. The zero-order valence-corrected chi connectivity index (χ0v) is 7.94. The van der Waals surface area contributed by atoms with Gasteiger partial charge in [-0.25, -0.2) is 4.99 Å². The number of aliphatic imine (C=N–C) groups is 1. The summed E-state index contributed by atoms with van der Waals surface area (Å²) in [5.41, 5.74) is 0. The largest absolute Gasteiger partial charge is 0.393 e. The van der Waals surface area contributed by atoms with Crippen LogP contribution in [-0.2, 0) is 4.79 Å². The first-order valence-electron chi connectivity index (χ1n) is 5.02. The maximum atomic E-state index is 10.8. The summed E-state index contributed by atoms with van der Waals surface area (Å²) in [6.07, 6.45) is 4.50. The SMILES string of the molecule is O=C1C=NC(N[C@H]2CCC[C@H](O)C2)N1. The van der Waals surface area contributed by atoms with Crippen LogP contribution in [0.4, 0.5) is 0 Å². The van der Waals surface area contributed by atoms with Gasteiger partial charge in [-0.15, -0.1) is 0 Å². The lowest BCUT2D eigenvalue weighted by Gasteiger charge is -2.28. The van der Waals surface area contributed by atoms with Crippen molar-refractivity contribution >= 4 is 12.1 Å². The van der Waals surface area contributed by atoms with Gasteiger partial charge in [-0.3, -0.25) is 10.1 Å². The van der Waals surface area contributed by atoms with Crippen LogP contribution in [0.15, 0.2) is 4.99 Å². The molecule has 1 fully saturated rings. The molecule has 2 rings (SSSR count). The van der Waals surface area contributed by atoms with Gasteiger partial charge in [0.25, 0.3) is 5.91 Å². The molecule has 1 heterocycles. The number of carbonyl (C=O) groups is 1. The predicted octanol–water partition coefficient (Wildman–Crippen LogP) is -0.636. The van der Waals surface area contributed by atoms with Gasteiger partial charge in [-0.2, -0.15) is 0 Å². The lowest BCUT2D eigenvalue weighted by molar-refractivity contribution is -0.114. The van der Waals surface area contributed by atoms with Crippen LogP contribution in [0.2, 0.25) is 0 Å². The molecule has 1 aliphatic heterocycles. The molecular formula is C9H15N3O2. The number of rotatable bonds is 2. The quantitative estimate of drug-likeness (QED) is 0.551. The number of hydrogen-bond donors (Lipinski definition) is 3. The minimum absolute atomic E-state index is 0.154. The van der Waals surface area contributed by atoms with Crippen LogP contribution < -0.4 is 10.6 Å². The summed E-state index contributed by atoms with van der Waals surface area (Å²) in [5, 5.41) is 15.3. The van der Waals surface area contributed by atoms with Crippen LogP contribution in [0, 0.1) is 0 Å². The van der Waals surface area contributed by atoms with E-state index in [1.54, 1.807) is 0 Å². The first-order chi connectivity index (χ1) is 6.74. The number of hydrogen-bond acceptors (Lipinski definition) is 4. The van der Waals surface area contributed by atoms with E-state index in [-0.39, 0.29) is 24.3 Å². The average Bonchev–Trinajstić information content (AvgIpc) is 2.51. The fraction of sp³-hybridized carbons (Fsp3) is 0.778. The number of aliphatic hydroxyl groups is 1. The molecule has 0 saturated heterocycles. The van der Waals surface area contributed by atoms with Gasteiger partial charge in [0.15, 0.2) is 6.29 Å². The van der Waals surface area contributed by atoms with Crippen LogP contribution in [0.3, 0.4) is 0 Å². The van der Waals surface area contributed by atoms with E-state index in [4.69, 9.17) is 0 Å². The molecule has 0 aromatic rings. The average molecular weight is 197 g/mol. The third-order valence-corrected chi connectivity index (χ3v) is 2.66. The fourth-order valence-electron chi connectivity index (χ4n) is 1.97. The zero-order valence-electron chi connectivity index (χ0n) is 7.94. The van der Waals surface area contributed by atoms with E-state index in [0.717, 1.165) is 25.7 Å². The van der Waals surface area contributed by atoms with Gasteiger partial charge in [0.1, 0.15) is 0 Å². The summed E-state index contributed by atoms with van der Waals surface area (Å²) in [7, 11) is 0. The van der Waals surface area contributed by atoms with Gasteiger partial charge in [-0.05, 0) is 25.7 Å². The molecule has 1 aliphatic carbocycles. The van der Waals surface area contributed by atoms with Crippen molar-refractivity contribution in [2.24, 2.45) is 4.99 Å². The van der Waals surface area contributed by atoms with Crippen molar-refractivity contribution in [1.29, 1.82) is 0 Å². The molecule has 0 aromatic heterocycles. The molecule has 5 heteroatoms. The van der Waals surface area contributed by atoms with E-state index in [9.17, 15) is 9.90 Å². The number of nitrogens with one attached hydrogen (secondary N) is 2. The Bertz CT molecular complexity index is 254. The Labute approximate surface area is 82.6 Å². The smallest absolute Gasteiger partial charge is 0.264 e. The minimum Gasteiger partial charge on any atom is -0.393 e. The molecule has 3 N–H and O–H groups in total. The fourth-order valence-corrected chi connectivity index (χ4v) is 1.97.